The Morgan fingerprint density at radius 2 is 2.36 bits per heavy atom. The third kappa shape index (κ3) is 1.68. The fraction of sp³-hybridized carbons (Fsp3) is 0.250. The Labute approximate surface area is 65.8 Å². The second-order valence-corrected chi connectivity index (χ2v) is 2.20. The number of aromatic nitrogens is 2. The second kappa shape index (κ2) is 3.02. The van der Waals surface area contributed by atoms with E-state index in [4.69, 9.17) is 5.84 Å². The monoisotopic (exact) mass is 148 g/mol. The van der Waals surface area contributed by atoms with Crippen LogP contribution in [0.4, 0.5) is 0 Å². The maximum Gasteiger partial charge on any atom is 0.303 e. The summed E-state index contributed by atoms with van der Waals surface area (Å²) in [7, 11) is 0. The summed E-state index contributed by atoms with van der Waals surface area (Å²) < 4.78 is 1.47. The van der Waals surface area contributed by atoms with Crippen molar-refractivity contribution in [1.82, 2.24) is 4.98 Å². The van der Waals surface area contributed by atoms with Crippen molar-refractivity contribution in [3.05, 3.63) is 23.8 Å². The molecule has 1 rings (SSSR count). The van der Waals surface area contributed by atoms with E-state index in [-0.39, 0.29) is 0 Å². The number of rotatable bonds is 0. The van der Waals surface area contributed by atoms with Crippen molar-refractivity contribution in [3.63, 3.8) is 0 Å². The highest BCUT2D eigenvalue weighted by Gasteiger charge is 2.03. The van der Waals surface area contributed by atoms with Crippen LogP contribution in [0.5, 0.6) is 0 Å². The summed E-state index contributed by atoms with van der Waals surface area (Å²) in [6.45, 7) is 3.65. The predicted octanol–water partition coefficient (Wildman–Crippen LogP) is -0.237. The van der Waals surface area contributed by atoms with E-state index in [1.165, 1.54) is 4.68 Å². The lowest BCUT2D eigenvalue weighted by Gasteiger charge is -1.89. The number of hydrogen-bond donors (Lipinski definition) is 1. The van der Waals surface area contributed by atoms with Gasteiger partial charge in [-0.3, -0.25) is 0 Å². The van der Waals surface area contributed by atoms with Crippen molar-refractivity contribution in [2.45, 2.75) is 13.8 Å². The van der Waals surface area contributed by atoms with E-state index in [0.29, 0.717) is 0 Å². The van der Waals surface area contributed by atoms with Gasteiger partial charge in [-0.1, -0.05) is 10.6 Å². The minimum atomic E-state index is 0.720. The van der Waals surface area contributed by atoms with E-state index < -0.39 is 0 Å². The Morgan fingerprint density at radius 3 is 2.91 bits per heavy atom. The smallest absolute Gasteiger partial charge is 0.247 e. The van der Waals surface area contributed by atoms with Crippen LogP contribution in [0.2, 0.25) is 0 Å². The van der Waals surface area contributed by atoms with Gasteiger partial charge in [0, 0.05) is 5.92 Å². The molecule has 0 aliphatic rings. The summed E-state index contributed by atoms with van der Waals surface area (Å²) in [5.74, 6) is 11.2. The topological polar surface area (TPSA) is 42.8 Å². The molecule has 0 amide bonds. The number of nitrogens with zero attached hydrogens (tertiary/aromatic N) is 2. The number of nitrogen functional groups attached to an aromatic ring is 1. The van der Waals surface area contributed by atoms with Crippen LogP contribution in [0, 0.1) is 18.8 Å². The second-order valence-electron chi connectivity index (χ2n) is 2.20. The predicted molar refractivity (Wildman–Crippen MR) is 41.9 cm³/mol. The molecule has 0 spiro atoms. The minimum Gasteiger partial charge on any atom is -0.247 e. The molecule has 0 fully saturated rings. The molecule has 0 aliphatic heterocycles. The summed E-state index contributed by atoms with van der Waals surface area (Å²) >= 11 is 0. The first-order valence-corrected chi connectivity index (χ1v) is 3.30. The van der Waals surface area contributed by atoms with Gasteiger partial charge >= 0.3 is 5.69 Å². The summed E-state index contributed by atoms with van der Waals surface area (Å²) in [4.78, 5) is 4.06. The molecule has 0 saturated carbocycles. The van der Waals surface area contributed by atoms with Crippen LogP contribution in [0.1, 0.15) is 18.3 Å². The number of hydrogen-bond acceptors (Lipinski definition) is 2. The van der Waals surface area contributed by atoms with Gasteiger partial charge in [0.15, 0.2) is 0 Å². The highest BCUT2D eigenvalue weighted by atomic mass is 15.3. The molecule has 0 aliphatic carbocycles. The van der Waals surface area contributed by atoms with E-state index in [1.54, 1.807) is 19.3 Å². The van der Waals surface area contributed by atoms with Crippen LogP contribution in [-0.2, 0) is 0 Å². The van der Waals surface area contributed by atoms with Crippen LogP contribution in [0.15, 0.2) is 12.4 Å². The zero-order chi connectivity index (χ0) is 8.27. The first-order valence-electron chi connectivity index (χ1n) is 3.30. The van der Waals surface area contributed by atoms with Gasteiger partial charge in [0.1, 0.15) is 11.9 Å². The van der Waals surface area contributed by atoms with Gasteiger partial charge in [-0.25, -0.2) is 10.8 Å². The summed E-state index contributed by atoms with van der Waals surface area (Å²) in [6.07, 6.45) is 3.39. The Hall–Kier alpha value is -1.56. The van der Waals surface area contributed by atoms with Crippen molar-refractivity contribution < 1.29 is 4.68 Å². The summed E-state index contributed by atoms with van der Waals surface area (Å²) in [5.41, 5.74) is 1.60. The molecule has 2 N–H and O–H groups in total. The van der Waals surface area contributed by atoms with Crippen LogP contribution in [0.25, 0.3) is 0 Å². The van der Waals surface area contributed by atoms with E-state index in [0.717, 1.165) is 11.4 Å². The molecule has 1 aromatic rings. The Bertz CT molecular complexity index is 320. The minimum absolute atomic E-state index is 0.720. The number of nitrogens with two attached hydrogens (primary N) is 1. The first kappa shape index (κ1) is 7.55. The lowest BCUT2D eigenvalue weighted by Crippen LogP contribution is -2.47. The number of aryl methyl sites for hydroxylation is 1. The molecule has 0 saturated heterocycles. The molecule has 0 atom stereocenters. The quantitative estimate of drug-likeness (QED) is 0.313. The van der Waals surface area contributed by atoms with Crippen molar-refractivity contribution in [3.8, 4) is 11.8 Å². The standard InChI is InChI=1S/C8H10N3/c1-3-4-8-5-10-7(2)6-11(8)9/h5-6H,1-2H3,(H2,9,10)/q+1. The molecule has 0 aromatic carbocycles. The third-order valence-electron chi connectivity index (χ3n) is 1.25. The molecule has 0 radical (unpaired) electrons. The Kier molecular flexibility index (Phi) is 2.07. The lowest BCUT2D eigenvalue weighted by atomic mass is 10.4. The van der Waals surface area contributed by atoms with E-state index in [2.05, 4.69) is 16.8 Å². The van der Waals surface area contributed by atoms with E-state index >= 15 is 0 Å². The Morgan fingerprint density at radius 1 is 1.64 bits per heavy atom. The maximum absolute atomic E-state index is 5.58. The zero-order valence-electron chi connectivity index (χ0n) is 6.63. The van der Waals surface area contributed by atoms with Gasteiger partial charge in [0.2, 0.25) is 6.20 Å². The largest absolute Gasteiger partial charge is 0.303 e. The normalized spacial score (nSPS) is 8.55. The zero-order valence-corrected chi connectivity index (χ0v) is 6.63. The van der Waals surface area contributed by atoms with Crippen LogP contribution in [-0.4, -0.2) is 4.98 Å². The summed E-state index contributed by atoms with van der Waals surface area (Å²) in [5, 5.41) is 0. The Balaban J connectivity index is 3.16. The molecule has 11 heavy (non-hydrogen) atoms. The SMILES string of the molecule is CC#Cc1cnc(C)c[n+]1N. The molecule has 1 aromatic heterocycles. The molecule has 56 valence electrons. The average molecular weight is 148 g/mol. The van der Waals surface area contributed by atoms with Crippen LogP contribution >= 0.6 is 0 Å². The third-order valence-corrected chi connectivity index (χ3v) is 1.25. The molecule has 0 unspecified atom stereocenters. The fourth-order valence-corrected chi connectivity index (χ4v) is 0.759. The van der Waals surface area contributed by atoms with E-state index in [9.17, 15) is 0 Å². The van der Waals surface area contributed by atoms with E-state index in [1.807, 2.05) is 6.92 Å². The maximum atomic E-state index is 5.58. The fourth-order valence-electron chi connectivity index (χ4n) is 0.759. The van der Waals surface area contributed by atoms with Gasteiger partial charge in [0.25, 0.3) is 0 Å². The highest BCUT2D eigenvalue weighted by molar-refractivity contribution is 5.19. The highest BCUT2D eigenvalue weighted by Crippen LogP contribution is 1.86. The summed E-state index contributed by atoms with van der Waals surface area (Å²) in [6, 6.07) is 0. The van der Waals surface area contributed by atoms with Gasteiger partial charge in [-0.15, -0.1) is 0 Å². The van der Waals surface area contributed by atoms with Gasteiger partial charge in [0.05, 0.1) is 0 Å². The molecular formula is C8H10N3+. The average Bonchev–Trinajstić information content (AvgIpc) is 1.95. The van der Waals surface area contributed by atoms with Crippen LogP contribution in [0.3, 0.4) is 0 Å². The van der Waals surface area contributed by atoms with Crippen molar-refractivity contribution in [1.29, 1.82) is 0 Å². The molecule has 0 bridgehead atoms. The molecular weight excluding hydrogens is 138 g/mol. The van der Waals surface area contributed by atoms with Crippen molar-refractivity contribution in [2.24, 2.45) is 0 Å². The van der Waals surface area contributed by atoms with Gasteiger partial charge < -0.3 is 0 Å². The van der Waals surface area contributed by atoms with Gasteiger partial charge in [-0.05, 0) is 13.8 Å². The first-order chi connectivity index (χ1) is 5.24. The molecule has 1 heterocycles. The van der Waals surface area contributed by atoms with Gasteiger partial charge in [-0.2, -0.15) is 0 Å². The van der Waals surface area contributed by atoms with Crippen molar-refractivity contribution >= 4 is 0 Å². The molecule has 3 nitrogen and oxygen atoms in total. The molecule has 3 heteroatoms. The van der Waals surface area contributed by atoms with Crippen LogP contribution < -0.4 is 10.5 Å². The van der Waals surface area contributed by atoms with Crippen molar-refractivity contribution in [2.75, 3.05) is 5.84 Å². The lowest BCUT2D eigenvalue weighted by molar-refractivity contribution is -0.642.